The summed E-state index contributed by atoms with van der Waals surface area (Å²) in [5.41, 5.74) is -1.29. The smallest absolute Gasteiger partial charge is 0.323 e. The SMILES string of the molecule is CCCC1CCC(C2CCC(C(=O)O)(C(=O)OC)CC2)CC1. The van der Waals surface area contributed by atoms with Crippen LogP contribution in [0.4, 0.5) is 0 Å². The van der Waals surface area contributed by atoms with Gasteiger partial charge in [0, 0.05) is 0 Å². The Morgan fingerprint density at radius 2 is 1.59 bits per heavy atom. The lowest BCUT2D eigenvalue weighted by Crippen LogP contribution is -2.44. The second-order valence-corrected chi connectivity index (χ2v) is 7.29. The molecule has 1 N–H and O–H groups in total. The summed E-state index contributed by atoms with van der Waals surface area (Å²) in [6, 6.07) is 0. The van der Waals surface area contributed by atoms with Gasteiger partial charge in [0.25, 0.3) is 0 Å². The fourth-order valence-corrected chi connectivity index (χ4v) is 4.66. The minimum Gasteiger partial charge on any atom is -0.480 e. The summed E-state index contributed by atoms with van der Waals surface area (Å²) in [6.07, 6.45) is 10.4. The Bertz CT molecular complexity index is 388. The van der Waals surface area contributed by atoms with Crippen LogP contribution >= 0.6 is 0 Å². The molecule has 0 saturated heterocycles. The zero-order chi connectivity index (χ0) is 16.2. The largest absolute Gasteiger partial charge is 0.480 e. The molecule has 0 aromatic rings. The molecule has 2 rings (SSSR count). The summed E-state index contributed by atoms with van der Waals surface area (Å²) < 4.78 is 4.76. The van der Waals surface area contributed by atoms with Gasteiger partial charge in [-0.3, -0.25) is 9.59 Å². The number of carbonyl (C=O) groups is 2. The van der Waals surface area contributed by atoms with Crippen molar-refractivity contribution < 1.29 is 19.4 Å². The lowest BCUT2D eigenvalue weighted by molar-refractivity contribution is -0.170. The van der Waals surface area contributed by atoms with Crippen molar-refractivity contribution in [2.45, 2.75) is 71.1 Å². The number of hydrogen-bond donors (Lipinski definition) is 1. The molecule has 0 unspecified atom stereocenters. The fraction of sp³-hybridized carbons (Fsp3) is 0.889. The molecule has 4 heteroatoms. The second kappa shape index (κ2) is 7.47. The molecule has 0 aliphatic heterocycles. The van der Waals surface area contributed by atoms with Crippen LogP contribution in [0.3, 0.4) is 0 Å². The third-order valence-electron chi connectivity index (χ3n) is 6.12. The molecule has 0 bridgehead atoms. The van der Waals surface area contributed by atoms with Crippen LogP contribution < -0.4 is 0 Å². The van der Waals surface area contributed by atoms with Crippen molar-refractivity contribution in [3.05, 3.63) is 0 Å². The first-order chi connectivity index (χ1) is 10.5. The summed E-state index contributed by atoms with van der Waals surface area (Å²) in [4.78, 5) is 23.5. The number of esters is 1. The molecule has 0 atom stereocenters. The van der Waals surface area contributed by atoms with E-state index < -0.39 is 17.4 Å². The molecule has 0 radical (unpaired) electrons. The maximum absolute atomic E-state index is 11.9. The zero-order valence-corrected chi connectivity index (χ0v) is 14.0. The minimum atomic E-state index is -1.29. The second-order valence-electron chi connectivity index (χ2n) is 7.29. The van der Waals surface area contributed by atoms with Gasteiger partial charge in [-0.1, -0.05) is 32.6 Å². The molecule has 0 heterocycles. The molecule has 2 saturated carbocycles. The predicted octanol–water partition coefficient (Wildman–Crippen LogP) is 4.03. The molecule has 22 heavy (non-hydrogen) atoms. The van der Waals surface area contributed by atoms with Crippen molar-refractivity contribution in [1.29, 1.82) is 0 Å². The van der Waals surface area contributed by atoms with Gasteiger partial charge in [-0.2, -0.15) is 0 Å². The van der Waals surface area contributed by atoms with Gasteiger partial charge in [0.2, 0.25) is 0 Å². The summed E-state index contributed by atoms with van der Waals surface area (Å²) in [7, 11) is 1.29. The minimum absolute atomic E-state index is 0.439. The molecule has 2 fully saturated rings. The average Bonchev–Trinajstić information content (AvgIpc) is 2.55. The van der Waals surface area contributed by atoms with E-state index in [4.69, 9.17) is 4.74 Å². The third kappa shape index (κ3) is 3.47. The summed E-state index contributed by atoms with van der Waals surface area (Å²) >= 11 is 0. The Morgan fingerprint density at radius 3 is 2.05 bits per heavy atom. The predicted molar refractivity (Wildman–Crippen MR) is 84.4 cm³/mol. The molecule has 2 aliphatic carbocycles. The highest BCUT2D eigenvalue weighted by atomic mass is 16.5. The summed E-state index contributed by atoms with van der Waals surface area (Å²) in [6.45, 7) is 2.26. The van der Waals surface area contributed by atoms with E-state index in [0.29, 0.717) is 18.8 Å². The van der Waals surface area contributed by atoms with Crippen molar-refractivity contribution in [2.24, 2.45) is 23.2 Å². The van der Waals surface area contributed by atoms with Crippen LogP contribution in [0.25, 0.3) is 0 Å². The molecule has 2 aliphatic rings. The first kappa shape index (κ1) is 17.3. The van der Waals surface area contributed by atoms with Crippen molar-refractivity contribution in [3.8, 4) is 0 Å². The monoisotopic (exact) mass is 310 g/mol. The number of carboxylic acids is 1. The van der Waals surface area contributed by atoms with Gasteiger partial charge in [0.05, 0.1) is 7.11 Å². The van der Waals surface area contributed by atoms with Crippen molar-refractivity contribution >= 4 is 11.9 Å². The normalized spacial score (nSPS) is 35.8. The third-order valence-corrected chi connectivity index (χ3v) is 6.12. The number of rotatable bonds is 5. The van der Waals surface area contributed by atoms with E-state index in [0.717, 1.165) is 24.7 Å². The Labute approximate surface area is 133 Å². The van der Waals surface area contributed by atoms with Gasteiger partial charge in [-0.05, 0) is 56.3 Å². The maximum atomic E-state index is 11.9. The quantitative estimate of drug-likeness (QED) is 0.615. The Morgan fingerprint density at radius 1 is 1.05 bits per heavy atom. The van der Waals surface area contributed by atoms with E-state index in [9.17, 15) is 14.7 Å². The van der Waals surface area contributed by atoms with E-state index >= 15 is 0 Å². The van der Waals surface area contributed by atoms with E-state index in [1.807, 2.05) is 0 Å². The van der Waals surface area contributed by atoms with Crippen molar-refractivity contribution in [3.63, 3.8) is 0 Å². The van der Waals surface area contributed by atoms with E-state index in [1.54, 1.807) is 0 Å². The number of methoxy groups -OCH3 is 1. The Hall–Kier alpha value is -1.06. The van der Waals surface area contributed by atoms with E-state index in [2.05, 4.69) is 6.92 Å². The van der Waals surface area contributed by atoms with Crippen LogP contribution in [0.2, 0.25) is 0 Å². The van der Waals surface area contributed by atoms with Gasteiger partial charge in [0.1, 0.15) is 0 Å². The fourth-order valence-electron chi connectivity index (χ4n) is 4.66. The maximum Gasteiger partial charge on any atom is 0.323 e. The first-order valence-electron chi connectivity index (χ1n) is 8.85. The van der Waals surface area contributed by atoms with Crippen LogP contribution in [0.1, 0.15) is 71.1 Å². The van der Waals surface area contributed by atoms with Crippen LogP contribution in [-0.4, -0.2) is 24.2 Å². The lowest BCUT2D eigenvalue weighted by Gasteiger charge is -2.40. The number of aliphatic carboxylic acids is 1. The average molecular weight is 310 g/mol. The highest BCUT2D eigenvalue weighted by Gasteiger charge is 2.50. The highest BCUT2D eigenvalue weighted by Crippen LogP contribution is 2.46. The van der Waals surface area contributed by atoms with Gasteiger partial charge in [-0.25, -0.2) is 0 Å². The Kier molecular flexibility index (Phi) is 5.87. The van der Waals surface area contributed by atoms with E-state index in [-0.39, 0.29) is 0 Å². The van der Waals surface area contributed by atoms with Gasteiger partial charge >= 0.3 is 11.9 Å². The molecule has 0 aromatic carbocycles. The van der Waals surface area contributed by atoms with Crippen LogP contribution in [0.5, 0.6) is 0 Å². The Balaban J connectivity index is 1.89. The van der Waals surface area contributed by atoms with Crippen LogP contribution in [0.15, 0.2) is 0 Å². The molecule has 0 amide bonds. The lowest BCUT2D eigenvalue weighted by atomic mass is 9.64. The molecular weight excluding hydrogens is 280 g/mol. The number of hydrogen-bond acceptors (Lipinski definition) is 3. The van der Waals surface area contributed by atoms with Crippen LogP contribution in [-0.2, 0) is 14.3 Å². The topological polar surface area (TPSA) is 63.6 Å². The first-order valence-corrected chi connectivity index (χ1v) is 8.85. The van der Waals surface area contributed by atoms with Gasteiger partial charge in [-0.15, -0.1) is 0 Å². The number of carbonyl (C=O) groups excluding carboxylic acids is 1. The van der Waals surface area contributed by atoms with Gasteiger partial charge in [0.15, 0.2) is 5.41 Å². The van der Waals surface area contributed by atoms with E-state index in [1.165, 1.54) is 45.6 Å². The molecule has 4 nitrogen and oxygen atoms in total. The molecule has 0 spiro atoms. The highest BCUT2D eigenvalue weighted by molar-refractivity contribution is 5.99. The van der Waals surface area contributed by atoms with Crippen molar-refractivity contribution in [2.75, 3.05) is 7.11 Å². The zero-order valence-electron chi connectivity index (χ0n) is 14.0. The van der Waals surface area contributed by atoms with Gasteiger partial charge < -0.3 is 9.84 Å². The van der Waals surface area contributed by atoms with Crippen molar-refractivity contribution in [1.82, 2.24) is 0 Å². The number of carboxylic acid groups (broad SMARTS) is 1. The molecular formula is C18H30O4. The summed E-state index contributed by atoms with van der Waals surface area (Å²) in [5, 5.41) is 9.48. The molecule has 126 valence electrons. The molecule has 0 aromatic heterocycles. The number of ether oxygens (including phenoxy) is 1. The standard InChI is InChI=1S/C18H30O4/c1-3-4-13-5-7-14(8-6-13)15-9-11-18(12-10-15,16(19)20)17(21)22-2/h13-15H,3-12H2,1-2H3,(H,19,20). The van der Waals surface area contributed by atoms with Crippen LogP contribution in [0, 0.1) is 23.2 Å². The summed E-state index contributed by atoms with van der Waals surface area (Å²) in [5.74, 6) is 0.657.